The summed E-state index contributed by atoms with van der Waals surface area (Å²) in [5.74, 6) is -0.394. The first kappa shape index (κ1) is 14.4. The van der Waals surface area contributed by atoms with Gasteiger partial charge in [-0.05, 0) is 18.2 Å². The molecule has 1 aromatic carbocycles. The fourth-order valence-corrected chi connectivity index (χ4v) is 1.60. The summed E-state index contributed by atoms with van der Waals surface area (Å²) in [4.78, 5) is 25.6. The maximum Gasteiger partial charge on any atom is 0.269 e. The molecule has 1 heterocycles. The molecule has 6 nitrogen and oxygen atoms in total. The fourth-order valence-electron chi connectivity index (χ4n) is 1.60. The van der Waals surface area contributed by atoms with E-state index in [1.54, 1.807) is 6.07 Å². The van der Waals surface area contributed by atoms with Gasteiger partial charge in [-0.1, -0.05) is 0 Å². The molecule has 21 heavy (non-hydrogen) atoms. The lowest BCUT2D eigenvalue weighted by Gasteiger charge is -2.08. The number of anilines is 1. The molecule has 0 saturated heterocycles. The molecule has 7 heteroatoms. The lowest BCUT2D eigenvalue weighted by Crippen LogP contribution is -2.18. The van der Waals surface area contributed by atoms with Crippen molar-refractivity contribution in [2.24, 2.45) is 0 Å². The second kappa shape index (κ2) is 6.47. The SMILES string of the molecule is CNC(=O)c1cc(Oc2ccc(NC=O)c(F)c2)ccn1. The molecule has 0 aliphatic heterocycles. The number of benzene rings is 1. The first-order valence-corrected chi connectivity index (χ1v) is 5.99. The van der Waals surface area contributed by atoms with E-state index in [1.165, 1.54) is 31.4 Å². The quantitative estimate of drug-likeness (QED) is 0.824. The molecule has 0 aliphatic rings. The number of rotatable bonds is 5. The summed E-state index contributed by atoms with van der Waals surface area (Å²) in [6, 6.07) is 6.98. The van der Waals surface area contributed by atoms with E-state index >= 15 is 0 Å². The van der Waals surface area contributed by atoms with Crippen molar-refractivity contribution in [1.82, 2.24) is 10.3 Å². The van der Waals surface area contributed by atoms with E-state index in [0.29, 0.717) is 12.2 Å². The smallest absolute Gasteiger partial charge is 0.269 e. The summed E-state index contributed by atoms with van der Waals surface area (Å²) in [6.45, 7) is 0. The van der Waals surface area contributed by atoms with Crippen LogP contribution in [0.1, 0.15) is 10.5 Å². The van der Waals surface area contributed by atoms with Crippen molar-refractivity contribution in [1.29, 1.82) is 0 Å². The Morgan fingerprint density at radius 3 is 2.71 bits per heavy atom. The maximum absolute atomic E-state index is 13.6. The average Bonchev–Trinajstić information content (AvgIpc) is 2.49. The van der Waals surface area contributed by atoms with Crippen LogP contribution in [-0.2, 0) is 4.79 Å². The molecule has 108 valence electrons. The predicted octanol–water partition coefficient (Wildman–Crippen LogP) is 1.94. The van der Waals surface area contributed by atoms with Crippen molar-refractivity contribution in [3.05, 3.63) is 48.0 Å². The van der Waals surface area contributed by atoms with Gasteiger partial charge in [0, 0.05) is 25.4 Å². The molecule has 0 atom stereocenters. The molecule has 2 amide bonds. The number of nitrogens with zero attached hydrogens (tertiary/aromatic N) is 1. The molecule has 0 radical (unpaired) electrons. The summed E-state index contributed by atoms with van der Waals surface area (Å²) in [6.07, 6.45) is 1.80. The van der Waals surface area contributed by atoms with Crippen LogP contribution in [0, 0.1) is 5.82 Å². The normalized spacial score (nSPS) is 9.81. The van der Waals surface area contributed by atoms with E-state index in [-0.39, 0.29) is 23.0 Å². The number of hydrogen-bond donors (Lipinski definition) is 2. The monoisotopic (exact) mass is 289 g/mol. The minimum atomic E-state index is -0.625. The van der Waals surface area contributed by atoms with Crippen molar-refractivity contribution >= 4 is 18.0 Å². The van der Waals surface area contributed by atoms with Gasteiger partial charge in [-0.2, -0.15) is 0 Å². The highest BCUT2D eigenvalue weighted by Crippen LogP contribution is 2.25. The number of halogens is 1. The highest BCUT2D eigenvalue weighted by Gasteiger charge is 2.08. The van der Waals surface area contributed by atoms with Crippen LogP contribution >= 0.6 is 0 Å². The van der Waals surface area contributed by atoms with Gasteiger partial charge in [0.1, 0.15) is 23.0 Å². The molecule has 2 aromatic rings. The van der Waals surface area contributed by atoms with Gasteiger partial charge < -0.3 is 15.4 Å². The number of amides is 2. The minimum absolute atomic E-state index is 0.0538. The molecule has 2 rings (SSSR count). The lowest BCUT2D eigenvalue weighted by atomic mass is 10.3. The Morgan fingerprint density at radius 2 is 2.05 bits per heavy atom. The van der Waals surface area contributed by atoms with Crippen molar-refractivity contribution in [3.63, 3.8) is 0 Å². The topological polar surface area (TPSA) is 80.3 Å². The van der Waals surface area contributed by atoms with Crippen LogP contribution < -0.4 is 15.4 Å². The van der Waals surface area contributed by atoms with Gasteiger partial charge in [0.05, 0.1) is 5.69 Å². The second-order valence-corrected chi connectivity index (χ2v) is 3.96. The van der Waals surface area contributed by atoms with E-state index in [4.69, 9.17) is 4.74 Å². The van der Waals surface area contributed by atoms with Crippen LogP contribution in [0.5, 0.6) is 11.5 Å². The van der Waals surface area contributed by atoms with Crippen molar-refractivity contribution in [2.75, 3.05) is 12.4 Å². The van der Waals surface area contributed by atoms with E-state index in [2.05, 4.69) is 15.6 Å². The zero-order valence-corrected chi connectivity index (χ0v) is 11.1. The zero-order valence-electron chi connectivity index (χ0n) is 11.1. The van der Waals surface area contributed by atoms with Crippen LogP contribution in [-0.4, -0.2) is 24.3 Å². The Labute approximate surface area is 120 Å². The van der Waals surface area contributed by atoms with Crippen LogP contribution in [0.15, 0.2) is 36.5 Å². The average molecular weight is 289 g/mol. The summed E-state index contributed by atoms with van der Waals surface area (Å²) in [7, 11) is 1.49. The molecule has 2 N–H and O–H groups in total. The summed E-state index contributed by atoms with van der Waals surface area (Å²) in [5, 5.41) is 4.67. The van der Waals surface area contributed by atoms with E-state index in [1.807, 2.05) is 0 Å². The molecule has 0 aliphatic carbocycles. The van der Waals surface area contributed by atoms with Crippen molar-refractivity contribution in [2.45, 2.75) is 0 Å². The number of carbonyl (C=O) groups excluding carboxylic acids is 2. The van der Waals surface area contributed by atoms with Crippen molar-refractivity contribution < 1.29 is 18.7 Å². The first-order chi connectivity index (χ1) is 10.1. The van der Waals surface area contributed by atoms with Gasteiger partial charge in [0.25, 0.3) is 5.91 Å². The molecule has 1 aromatic heterocycles. The largest absolute Gasteiger partial charge is 0.457 e. The number of pyridine rings is 1. The number of ether oxygens (including phenoxy) is 1. The van der Waals surface area contributed by atoms with Gasteiger partial charge in [-0.3, -0.25) is 14.6 Å². The minimum Gasteiger partial charge on any atom is -0.457 e. The van der Waals surface area contributed by atoms with Crippen LogP contribution in [0.2, 0.25) is 0 Å². The van der Waals surface area contributed by atoms with Crippen molar-refractivity contribution in [3.8, 4) is 11.5 Å². The molecule has 0 fully saturated rings. The van der Waals surface area contributed by atoms with Gasteiger partial charge in [-0.15, -0.1) is 0 Å². The van der Waals surface area contributed by atoms with E-state index in [0.717, 1.165) is 6.07 Å². The molecule has 0 unspecified atom stereocenters. The fraction of sp³-hybridized carbons (Fsp3) is 0.0714. The van der Waals surface area contributed by atoms with Gasteiger partial charge in [0.2, 0.25) is 6.41 Å². The molecular formula is C14H12FN3O3. The van der Waals surface area contributed by atoms with Crippen LogP contribution in [0.3, 0.4) is 0 Å². The molecule has 0 spiro atoms. The third kappa shape index (κ3) is 3.53. The number of carbonyl (C=O) groups is 2. The van der Waals surface area contributed by atoms with Gasteiger partial charge in [-0.25, -0.2) is 4.39 Å². The second-order valence-electron chi connectivity index (χ2n) is 3.96. The summed E-state index contributed by atoms with van der Waals surface area (Å²) >= 11 is 0. The number of nitrogens with one attached hydrogen (secondary N) is 2. The van der Waals surface area contributed by atoms with Gasteiger partial charge >= 0.3 is 0 Å². The first-order valence-electron chi connectivity index (χ1n) is 5.99. The standard InChI is InChI=1S/C14H12FN3O3/c1-16-14(20)13-7-10(4-5-17-13)21-9-2-3-12(18-8-19)11(15)6-9/h2-8H,1H3,(H,16,20)(H,18,19). The third-order valence-electron chi connectivity index (χ3n) is 2.58. The highest BCUT2D eigenvalue weighted by atomic mass is 19.1. The van der Waals surface area contributed by atoms with Crippen LogP contribution in [0.4, 0.5) is 10.1 Å². The Morgan fingerprint density at radius 1 is 1.29 bits per heavy atom. The van der Waals surface area contributed by atoms with E-state index in [9.17, 15) is 14.0 Å². The Kier molecular flexibility index (Phi) is 4.45. The number of aromatic nitrogens is 1. The summed E-state index contributed by atoms with van der Waals surface area (Å²) < 4.78 is 19.1. The predicted molar refractivity (Wildman–Crippen MR) is 73.8 cm³/mol. The zero-order chi connectivity index (χ0) is 15.2. The van der Waals surface area contributed by atoms with E-state index < -0.39 is 5.82 Å². The van der Waals surface area contributed by atoms with Gasteiger partial charge in [0.15, 0.2) is 0 Å². The number of hydrogen-bond acceptors (Lipinski definition) is 4. The molecule has 0 bridgehead atoms. The van der Waals surface area contributed by atoms with Crippen LogP contribution in [0.25, 0.3) is 0 Å². The lowest BCUT2D eigenvalue weighted by molar-refractivity contribution is -0.105. The Hall–Kier alpha value is -2.96. The Bertz CT molecular complexity index is 676. The third-order valence-corrected chi connectivity index (χ3v) is 2.58. The Balaban J connectivity index is 2.20. The molecular weight excluding hydrogens is 277 g/mol. The maximum atomic E-state index is 13.6. The highest BCUT2D eigenvalue weighted by molar-refractivity contribution is 5.92. The summed E-state index contributed by atoms with van der Waals surface area (Å²) in [5.41, 5.74) is 0.243. The molecule has 0 saturated carbocycles.